The summed E-state index contributed by atoms with van der Waals surface area (Å²) in [6.45, 7) is 1.85. The Hall–Kier alpha value is -1.84. The van der Waals surface area contributed by atoms with E-state index in [9.17, 15) is 9.59 Å². The first kappa shape index (κ1) is 13.6. The Kier molecular flexibility index (Phi) is 3.88. The number of benzene rings is 1. The normalized spacial score (nSPS) is 18.2. The van der Waals surface area contributed by atoms with Crippen LogP contribution in [0.3, 0.4) is 0 Å². The standard InChI is InChI=1S/C15H19NO3/c1-11(12-6-3-2-4-7-12)14(19)16-15(8-5-9-15)10-13(17)18/h2-4,6-7,11H,5,8-10H2,1H3,(H,16,19)(H,17,18)/t11-/m1/s1. The molecule has 4 heteroatoms. The fourth-order valence-corrected chi connectivity index (χ4v) is 2.50. The van der Waals surface area contributed by atoms with Crippen molar-refractivity contribution in [3.63, 3.8) is 0 Å². The lowest BCUT2D eigenvalue weighted by atomic mass is 9.74. The largest absolute Gasteiger partial charge is 0.481 e. The fourth-order valence-electron chi connectivity index (χ4n) is 2.50. The summed E-state index contributed by atoms with van der Waals surface area (Å²) in [6.07, 6.45) is 2.51. The minimum Gasteiger partial charge on any atom is -0.481 e. The molecule has 0 saturated heterocycles. The van der Waals surface area contributed by atoms with Crippen molar-refractivity contribution in [2.75, 3.05) is 0 Å². The Labute approximate surface area is 112 Å². The topological polar surface area (TPSA) is 66.4 Å². The second-order valence-electron chi connectivity index (χ2n) is 5.33. The van der Waals surface area contributed by atoms with Gasteiger partial charge in [-0.25, -0.2) is 0 Å². The highest BCUT2D eigenvalue weighted by atomic mass is 16.4. The first-order valence-corrected chi connectivity index (χ1v) is 6.61. The number of rotatable bonds is 5. The van der Waals surface area contributed by atoms with Crippen LogP contribution >= 0.6 is 0 Å². The van der Waals surface area contributed by atoms with Gasteiger partial charge in [-0.15, -0.1) is 0 Å². The summed E-state index contributed by atoms with van der Waals surface area (Å²) in [6, 6.07) is 9.53. The predicted octanol–water partition coefficient (Wildman–Crippen LogP) is 2.30. The van der Waals surface area contributed by atoms with Crippen LogP contribution in [0.4, 0.5) is 0 Å². The summed E-state index contributed by atoms with van der Waals surface area (Å²) >= 11 is 0. The molecule has 1 aromatic carbocycles. The van der Waals surface area contributed by atoms with Crippen molar-refractivity contribution in [2.45, 2.75) is 44.1 Å². The number of carbonyl (C=O) groups excluding carboxylic acids is 1. The van der Waals surface area contributed by atoms with Crippen molar-refractivity contribution in [3.05, 3.63) is 35.9 Å². The van der Waals surface area contributed by atoms with Crippen LogP contribution in [0.1, 0.15) is 44.1 Å². The van der Waals surface area contributed by atoms with Crippen molar-refractivity contribution in [1.29, 1.82) is 0 Å². The average Bonchev–Trinajstić information content (AvgIpc) is 2.35. The number of nitrogens with one attached hydrogen (secondary N) is 1. The number of amides is 1. The molecule has 0 unspecified atom stereocenters. The maximum absolute atomic E-state index is 12.2. The quantitative estimate of drug-likeness (QED) is 0.854. The summed E-state index contributed by atoms with van der Waals surface area (Å²) in [5, 5.41) is 11.9. The summed E-state index contributed by atoms with van der Waals surface area (Å²) < 4.78 is 0. The van der Waals surface area contributed by atoms with Crippen LogP contribution in [0.2, 0.25) is 0 Å². The van der Waals surface area contributed by atoms with Gasteiger partial charge in [-0.3, -0.25) is 9.59 Å². The van der Waals surface area contributed by atoms with E-state index in [2.05, 4.69) is 5.32 Å². The molecule has 1 saturated carbocycles. The molecular formula is C15H19NO3. The number of hydrogen-bond donors (Lipinski definition) is 2. The molecule has 1 atom stereocenters. The number of carbonyl (C=O) groups is 2. The van der Waals surface area contributed by atoms with Gasteiger partial charge in [0, 0.05) is 0 Å². The van der Waals surface area contributed by atoms with Crippen LogP contribution in [0.15, 0.2) is 30.3 Å². The van der Waals surface area contributed by atoms with Gasteiger partial charge in [0.25, 0.3) is 0 Å². The maximum atomic E-state index is 12.2. The molecule has 19 heavy (non-hydrogen) atoms. The molecule has 0 bridgehead atoms. The summed E-state index contributed by atoms with van der Waals surface area (Å²) in [4.78, 5) is 23.1. The molecule has 2 rings (SSSR count). The molecule has 1 amide bonds. The van der Waals surface area contributed by atoms with Gasteiger partial charge < -0.3 is 10.4 Å². The molecule has 1 fully saturated rings. The monoisotopic (exact) mass is 261 g/mol. The molecule has 0 heterocycles. The van der Waals surface area contributed by atoms with Gasteiger partial charge in [0.05, 0.1) is 17.9 Å². The Morgan fingerprint density at radius 2 is 1.95 bits per heavy atom. The molecule has 102 valence electrons. The molecule has 1 aliphatic rings. The summed E-state index contributed by atoms with van der Waals surface area (Å²) in [5.41, 5.74) is 0.427. The fraction of sp³-hybridized carbons (Fsp3) is 0.467. The van der Waals surface area contributed by atoms with Crippen LogP contribution in [0, 0.1) is 0 Å². The molecule has 1 aliphatic carbocycles. The number of carboxylic acid groups (broad SMARTS) is 1. The predicted molar refractivity (Wildman–Crippen MR) is 71.8 cm³/mol. The third kappa shape index (κ3) is 3.13. The van der Waals surface area contributed by atoms with Gasteiger partial charge in [0.1, 0.15) is 0 Å². The molecule has 0 radical (unpaired) electrons. The Balaban J connectivity index is 2.02. The van der Waals surface area contributed by atoms with E-state index in [1.54, 1.807) is 0 Å². The Bertz CT molecular complexity index is 466. The maximum Gasteiger partial charge on any atom is 0.305 e. The first-order valence-electron chi connectivity index (χ1n) is 6.61. The van der Waals surface area contributed by atoms with Crippen LogP contribution < -0.4 is 5.32 Å². The second-order valence-corrected chi connectivity index (χ2v) is 5.33. The van der Waals surface area contributed by atoms with E-state index in [1.165, 1.54) is 0 Å². The van der Waals surface area contributed by atoms with Crippen LogP contribution in [0.25, 0.3) is 0 Å². The smallest absolute Gasteiger partial charge is 0.305 e. The van der Waals surface area contributed by atoms with Crippen molar-refractivity contribution in [1.82, 2.24) is 5.32 Å². The average molecular weight is 261 g/mol. The molecule has 1 aromatic rings. The third-order valence-electron chi connectivity index (χ3n) is 3.88. The molecule has 0 aliphatic heterocycles. The van der Waals surface area contributed by atoms with E-state index >= 15 is 0 Å². The lowest BCUT2D eigenvalue weighted by Crippen LogP contribution is -2.55. The van der Waals surface area contributed by atoms with Gasteiger partial charge in [0.2, 0.25) is 5.91 Å². The van der Waals surface area contributed by atoms with Crippen LogP contribution in [-0.4, -0.2) is 22.5 Å². The highest BCUT2D eigenvalue weighted by Crippen LogP contribution is 2.35. The molecule has 0 spiro atoms. The van der Waals surface area contributed by atoms with Crippen molar-refractivity contribution in [2.24, 2.45) is 0 Å². The van der Waals surface area contributed by atoms with Crippen molar-refractivity contribution in [3.8, 4) is 0 Å². The third-order valence-corrected chi connectivity index (χ3v) is 3.88. The minimum absolute atomic E-state index is 0.0141. The van der Waals surface area contributed by atoms with E-state index in [4.69, 9.17) is 5.11 Å². The number of hydrogen-bond acceptors (Lipinski definition) is 2. The zero-order chi connectivity index (χ0) is 13.9. The van der Waals surface area contributed by atoms with E-state index in [0.29, 0.717) is 0 Å². The van der Waals surface area contributed by atoms with Crippen LogP contribution in [-0.2, 0) is 9.59 Å². The Morgan fingerprint density at radius 1 is 1.32 bits per heavy atom. The van der Waals surface area contributed by atoms with Crippen molar-refractivity contribution < 1.29 is 14.7 Å². The number of aliphatic carboxylic acids is 1. The van der Waals surface area contributed by atoms with Crippen molar-refractivity contribution >= 4 is 11.9 Å². The Morgan fingerprint density at radius 3 is 2.42 bits per heavy atom. The van der Waals surface area contributed by atoms with Gasteiger partial charge in [0.15, 0.2) is 0 Å². The van der Waals surface area contributed by atoms with Gasteiger partial charge in [-0.05, 0) is 31.7 Å². The lowest BCUT2D eigenvalue weighted by molar-refractivity contribution is -0.140. The molecular weight excluding hydrogens is 242 g/mol. The van der Waals surface area contributed by atoms with Gasteiger partial charge in [-0.1, -0.05) is 30.3 Å². The minimum atomic E-state index is -0.854. The summed E-state index contributed by atoms with van der Waals surface area (Å²) in [7, 11) is 0. The van der Waals surface area contributed by atoms with E-state index in [0.717, 1.165) is 24.8 Å². The highest BCUT2D eigenvalue weighted by Gasteiger charge is 2.41. The molecule has 2 N–H and O–H groups in total. The molecule has 4 nitrogen and oxygen atoms in total. The summed E-state index contributed by atoms with van der Waals surface area (Å²) in [5.74, 6) is -1.20. The van der Waals surface area contributed by atoms with E-state index in [-0.39, 0.29) is 18.2 Å². The number of carboxylic acids is 1. The van der Waals surface area contributed by atoms with E-state index in [1.807, 2.05) is 37.3 Å². The molecule has 0 aromatic heterocycles. The SMILES string of the molecule is C[C@@H](C(=O)NC1(CC(=O)O)CCC1)c1ccccc1. The van der Waals surface area contributed by atoms with Gasteiger partial charge in [-0.2, -0.15) is 0 Å². The zero-order valence-electron chi connectivity index (χ0n) is 11.1. The first-order chi connectivity index (χ1) is 9.02. The highest BCUT2D eigenvalue weighted by molar-refractivity contribution is 5.84. The van der Waals surface area contributed by atoms with Gasteiger partial charge >= 0.3 is 5.97 Å². The van der Waals surface area contributed by atoms with E-state index < -0.39 is 11.5 Å². The second kappa shape index (κ2) is 5.43. The zero-order valence-corrected chi connectivity index (χ0v) is 11.1. The van der Waals surface area contributed by atoms with Crippen LogP contribution in [0.5, 0.6) is 0 Å². The lowest BCUT2D eigenvalue weighted by Gasteiger charge is -2.42.